The minimum atomic E-state index is -3.88. The maximum absolute atomic E-state index is 13.0. The number of benzene rings is 1. The Bertz CT molecular complexity index is 747. The van der Waals surface area contributed by atoms with Crippen molar-refractivity contribution in [2.75, 3.05) is 6.61 Å². The predicted molar refractivity (Wildman–Crippen MR) is 85.2 cm³/mol. The normalized spacial score (nSPS) is 32.2. The summed E-state index contributed by atoms with van der Waals surface area (Å²) in [5.74, 6) is -2.73. The largest absolute Gasteiger partial charge is 0.466 e. The van der Waals surface area contributed by atoms with Gasteiger partial charge >= 0.3 is 11.9 Å². The molecule has 0 unspecified atom stereocenters. The fourth-order valence-electron chi connectivity index (χ4n) is 3.54. The van der Waals surface area contributed by atoms with Crippen molar-refractivity contribution >= 4 is 33.4 Å². The molecule has 6 nitrogen and oxygen atoms in total. The van der Waals surface area contributed by atoms with Crippen LogP contribution in [0.15, 0.2) is 35.2 Å². The van der Waals surface area contributed by atoms with Gasteiger partial charge in [-0.3, -0.25) is 9.59 Å². The van der Waals surface area contributed by atoms with E-state index >= 15 is 0 Å². The molecule has 0 radical (unpaired) electrons. The van der Waals surface area contributed by atoms with Crippen molar-refractivity contribution in [2.24, 2.45) is 11.8 Å². The summed E-state index contributed by atoms with van der Waals surface area (Å²) in [6.07, 6.45) is -0.824. The number of carbonyl (C=O) groups excluding carboxylic acids is 2. The first-order chi connectivity index (χ1) is 11.4. The van der Waals surface area contributed by atoms with Gasteiger partial charge in [0.05, 0.1) is 34.5 Å². The zero-order valence-corrected chi connectivity index (χ0v) is 14.5. The average Bonchev–Trinajstić information content (AvgIpc) is 3.05. The van der Waals surface area contributed by atoms with Gasteiger partial charge in [0, 0.05) is 5.92 Å². The van der Waals surface area contributed by atoms with Crippen LogP contribution in [0.5, 0.6) is 0 Å². The third kappa shape index (κ3) is 2.69. The van der Waals surface area contributed by atoms with Crippen LogP contribution in [0.3, 0.4) is 0 Å². The van der Waals surface area contributed by atoms with Crippen molar-refractivity contribution in [2.45, 2.75) is 35.0 Å². The molecule has 0 amide bonds. The van der Waals surface area contributed by atoms with Gasteiger partial charge in [0.25, 0.3) is 0 Å². The van der Waals surface area contributed by atoms with E-state index in [-0.39, 0.29) is 17.9 Å². The van der Waals surface area contributed by atoms with Crippen LogP contribution in [-0.2, 0) is 28.9 Å². The standard InChI is InChI=1S/C16H17ClO6S/c1-2-22-16(19)12-10-8-11(18)23-14(10)13(17)15(12)24(20,21)9-6-4-3-5-7-9/h3-7,10,12-15H,2,8H2,1H3/t10-,12+,13-,14-,15-/m0/s1. The lowest BCUT2D eigenvalue weighted by Crippen LogP contribution is -2.39. The zero-order chi connectivity index (χ0) is 17.5. The highest BCUT2D eigenvalue weighted by Gasteiger charge is 2.63. The SMILES string of the molecule is CCOC(=O)[C@@H]1[C@@H]2CC(=O)O[C@@H]2[C@H](Cl)[C@H]1S(=O)(=O)c1ccccc1. The fraction of sp³-hybridized carbons (Fsp3) is 0.500. The van der Waals surface area contributed by atoms with E-state index in [1.54, 1.807) is 25.1 Å². The van der Waals surface area contributed by atoms with Crippen LogP contribution in [0.25, 0.3) is 0 Å². The van der Waals surface area contributed by atoms with Gasteiger partial charge in [-0.15, -0.1) is 11.6 Å². The highest BCUT2D eigenvalue weighted by Crippen LogP contribution is 2.48. The van der Waals surface area contributed by atoms with Crippen LogP contribution in [0.4, 0.5) is 0 Å². The lowest BCUT2D eigenvalue weighted by molar-refractivity contribution is -0.149. The van der Waals surface area contributed by atoms with E-state index in [2.05, 4.69) is 0 Å². The Labute approximate surface area is 145 Å². The van der Waals surface area contributed by atoms with E-state index in [1.165, 1.54) is 12.1 Å². The van der Waals surface area contributed by atoms with Crippen LogP contribution >= 0.6 is 11.6 Å². The Balaban J connectivity index is 2.04. The maximum atomic E-state index is 13.0. The van der Waals surface area contributed by atoms with Crippen LogP contribution in [0.2, 0.25) is 0 Å². The second-order valence-corrected chi connectivity index (χ2v) is 8.48. The van der Waals surface area contributed by atoms with Crippen molar-refractivity contribution in [1.82, 2.24) is 0 Å². The van der Waals surface area contributed by atoms with Crippen molar-refractivity contribution in [3.63, 3.8) is 0 Å². The number of carbonyl (C=O) groups is 2. The molecule has 0 bridgehead atoms. The van der Waals surface area contributed by atoms with Crippen LogP contribution in [0.1, 0.15) is 13.3 Å². The number of hydrogen-bond acceptors (Lipinski definition) is 6. The number of alkyl halides is 1. The molecule has 2 fully saturated rings. The van der Waals surface area contributed by atoms with E-state index in [0.29, 0.717) is 0 Å². The molecule has 8 heteroatoms. The number of sulfone groups is 1. The number of halogens is 1. The number of ether oxygens (including phenoxy) is 2. The maximum Gasteiger partial charge on any atom is 0.310 e. The summed E-state index contributed by atoms with van der Waals surface area (Å²) in [6, 6.07) is 7.82. The molecule has 1 saturated heterocycles. The van der Waals surface area contributed by atoms with E-state index in [0.717, 1.165) is 0 Å². The Morgan fingerprint density at radius 3 is 2.62 bits per heavy atom. The topological polar surface area (TPSA) is 86.7 Å². The first kappa shape index (κ1) is 17.2. The first-order valence-electron chi connectivity index (χ1n) is 7.67. The average molecular weight is 373 g/mol. The lowest BCUT2D eigenvalue weighted by atomic mass is 9.93. The lowest BCUT2D eigenvalue weighted by Gasteiger charge is -2.23. The molecule has 1 saturated carbocycles. The number of fused-ring (bicyclic) bond motifs is 1. The first-order valence-corrected chi connectivity index (χ1v) is 9.65. The molecule has 24 heavy (non-hydrogen) atoms. The molecule has 3 rings (SSSR count). The second kappa shape index (κ2) is 6.37. The van der Waals surface area contributed by atoms with E-state index in [9.17, 15) is 18.0 Å². The minimum absolute atomic E-state index is 0.0296. The quantitative estimate of drug-likeness (QED) is 0.589. The Hall–Kier alpha value is -1.60. The van der Waals surface area contributed by atoms with Gasteiger partial charge in [-0.25, -0.2) is 8.42 Å². The van der Waals surface area contributed by atoms with E-state index < -0.39 is 50.3 Å². The summed E-state index contributed by atoms with van der Waals surface area (Å²) in [6.45, 7) is 1.76. The molecule has 0 aromatic heterocycles. The van der Waals surface area contributed by atoms with Gasteiger partial charge in [0.1, 0.15) is 6.10 Å². The van der Waals surface area contributed by atoms with Gasteiger partial charge in [-0.1, -0.05) is 18.2 Å². The van der Waals surface area contributed by atoms with Gasteiger partial charge in [0.15, 0.2) is 9.84 Å². The van der Waals surface area contributed by atoms with Crippen LogP contribution < -0.4 is 0 Å². The second-order valence-electron chi connectivity index (χ2n) is 5.87. The fourth-order valence-corrected chi connectivity index (χ4v) is 6.38. The minimum Gasteiger partial charge on any atom is -0.466 e. The molecule has 1 aromatic rings. The molecule has 1 aliphatic heterocycles. The predicted octanol–water partition coefficient (Wildman–Crippen LogP) is 1.56. The van der Waals surface area contributed by atoms with Crippen molar-refractivity contribution in [3.8, 4) is 0 Å². The molecule has 1 heterocycles. The molecule has 0 N–H and O–H groups in total. The molecule has 130 valence electrons. The number of esters is 2. The molecule has 0 spiro atoms. The molecule has 1 aliphatic carbocycles. The van der Waals surface area contributed by atoms with Gasteiger partial charge in [0.2, 0.25) is 0 Å². The van der Waals surface area contributed by atoms with Crippen molar-refractivity contribution in [3.05, 3.63) is 30.3 Å². The third-order valence-electron chi connectivity index (χ3n) is 4.52. The Morgan fingerprint density at radius 2 is 2.00 bits per heavy atom. The highest BCUT2D eigenvalue weighted by molar-refractivity contribution is 7.92. The summed E-state index contributed by atoms with van der Waals surface area (Å²) in [5, 5.41) is -2.19. The Morgan fingerprint density at radius 1 is 1.33 bits per heavy atom. The number of hydrogen-bond donors (Lipinski definition) is 0. The van der Waals surface area contributed by atoms with E-state index in [4.69, 9.17) is 21.1 Å². The highest BCUT2D eigenvalue weighted by atomic mass is 35.5. The summed E-state index contributed by atoms with van der Waals surface area (Å²) in [4.78, 5) is 24.1. The summed E-state index contributed by atoms with van der Waals surface area (Å²) in [7, 11) is -3.88. The van der Waals surface area contributed by atoms with Crippen LogP contribution in [0, 0.1) is 11.8 Å². The zero-order valence-electron chi connectivity index (χ0n) is 12.9. The summed E-state index contributed by atoms with van der Waals surface area (Å²) >= 11 is 6.35. The molecule has 1 aromatic carbocycles. The van der Waals surface area contributed by atoms with Gasteiger partial charge in [-0.05, 0) is 19.1 Å². The molecule has 2 aliphatic rings. The third-order valence-corrected chi connectivity index (χ3v) is 7.43. The van der Waals surface area contributed by atoms with Gasteiger partial charge < -0.3 is 9.47 Å². The van der Waals surface area contributed by atoms with Crippen LogP contribution in [-0.4, -0.2) is 43.7 Å². The van der Waals surface area contributed by atoms with E-state index in [1.807, 2.05) is 0 Å². The summed E-state index contributed by atoms with van der Waals surface area (Å²) in [5.41, 5.74) is 0. The number of rotatable bonds is 4. The van der Waals surface area contributed by atoms with Crippen molar-refractivity contribution < 1.29 is 27.5 Å². The summed E-state index contributed by atoms with van der Waals surface area (Å²) < 4.78 is 36.3. The smallest absolute Gasteiger partial charge is 0.310 e. The molecule has 5 atom stereocenters. The van der Waals surface area contributed by atoms with Crippen molar-refractivity contribution in [1.29, 1.82) is 0 Å². The Kier molecular flexibility index (Phi) is 4.57. The van der Waals surface area contributed by atoms with Gasteiger partial charge in [-0.2, -0.15) is 0 Å². The monoisotopic (exact) mass is 372 g/mol. The molecular weight excluding hydrogens is 356 g/mol. The molecular formula is C16H17ClO6S.